The van der Waals surface area contributed by atoms with E-state index in [9.17, 15) is 0 Å². The average molecular weight is 184 g/mol. The first-order chi connectivity index (χ1) is 6.78. The van der Waals surface area contributed by atoms with E-state index < -0.39 is 0 Å². The van der Waals surface area contributed by atoms with Gasteiger partial charge in [-0.05, 0) is 35.9 Å². The summed E-state index contributed by atoms with van der Waals surface area (Å²) in [5, 5.41) is 2.41. The highest BCUT2D eigenvalue weighted by Crippen LogP contribution is 2.43. The van der Waals surface area contributed by atoms with Crippen LogP contribution in [0.4, 0.5) is 0 Å². The van der Waals surface area contributed by atoms with Gasteiger partial charge in [-0.2, -0.15) is 0 Å². The SMILES string of the molecule is NC1(c2ccc3ccncc3c2)CC1. The van der Waals surface area contributed by atoms with E-state index in [0.717, 1.165) is 12.8 Å². The van der Waals surface area contributed by atoms with E-state index in [0.29, 0.717) is 0 Å². The Hall–Kier alpha value is -1.41. The molecule has 0 bridgehead atoms. The minimum absolute atomic E-state index is 0.0377. The molecule has 1 aliphatic carbocycles. The number of hydrogen-bond donors (Lipinski definition) is 1. The van der Waals surface area contributed by atoms with Gasteiger partial charge in [-0.1, -0.05) is 12.1 Å². The van der Waals surface area contributed by atoms with Crippen molar-refractivity contribution in [2.24, 2.45) is 5.73 Å². The van der Waals surface area contributed by atoms with Crippen LogP contribution in [-0.2, 0) is 5.54 Å². The molecule has 1 aliphatic rings. The van der Waals surface area contributed by atoms with Gasteiger partial charge in [0.25, 0.3) is 0 Å². The van der Waals surface area contributed by atoms with Gasteiger partial charge >= 0.3 is 0 Å². The van der Waals surface area contributed by atoms with Crippen LogP contribution in [0.3, 0.4) is 0 Å². The Balaban J connectivity index is 2.20. The van der Waals surface area contributed by atoms with E-state index in [4.69, 9.17) is 5.73 Å². The number of aromatic nitrogens is 1. The van der Waals surface area contributed by atoms with Crippen molar-refractivity contribution in [2.75, 3.05) is 0 Å². The number of nitrogens with two attached hydrogens (primary N) is 1. The molecule has 0 saturated heterocycles. The molecule has 0 spiro atoms. The number of hydrogen-bond acceptors (Lipinski definition) is 2. The molecule has 0 atom stereocenters. The molecule has 0 amide bonds. The summed E-state index contributed by atoms with van der Waals surface area (Å²) in [7, 11) is 0. The third-order valence-electron chi connectivity index (χ3n) is 3.00. The van der Waals surface area contributed by atoms with E-state index >= 15 is 0 Å². The highest BCUT2D eigenvalue weighted by molar-refractivity contribution is 5.82. The Morgan fingerprint density at radius 1 is 1.14 bits per heavy atom. The number of pyridine rings is 1. The normalized spacial score (nSPS) is 18.4. The molecule has 3 rings (SSSR count). The second-order valence-electron chi connectivity index (χ2n) is 4.09. The smallest absolute Gasteiger partial charge is 0.0411 e. The Bertz CT molecular complexity index is 486. The topological polar surface area (TPSA) is 38.9 Å². The molecule has 0 aliphatic heterocycles. The zero-order valence-electron chi connectivity index (χ0n) is 7.90. The van der Waals surface area contributed by atoms with Crippen molar-refractivity contribution in [3.05, 3.63) is 42.2 Å². The second-order valence-corrected chi connectivity index (χ2v) is 4.09. The van der Waals surface area contributed by atoms with Crippen molar-refractivity contribution in [1.29, 1.82) is 0 Å². The van der Waals surface area contributed by atoms with Crippen molar-refractivity contribution in [3.8, 4) is 0 Å². The minimum atomic E-state index is -0.0377. The summed E-state index contributed by atoms with van der Waals surface area (Å²) in [6.07, 6.45) is 5.93. The first kappa shape index (κ1) is 7.94. The van der Waals surface area contributed by atoms with Crippen LogP contribution in [0.2, 0.25) is 0 Å². The molecule has 2 heteroatoms. The molecular weight excluding hydrogens is 172 g/mol. The van der Waals surface area contributed by atoms with Gasteiger partial charge in [0.15, 0.2) is 0 Å². The maximum atomic E-state index is 6.14. The number of fused-ring (bicyclic) bond motifs is 1. The van der Waals surface area contributed by atoms with Gasteiger partial charge in [0.05, 0.1) is 0 Å². The molecule has 1 aromatic carbocycles. The first-order valence-corrected chi connectivity index (χ1v) is 4.91. The predicted molar refractivity (Wildman–Crippen MR) is 56.8 cm³/mol. The van der Waals surface area contributed by atoms with Gasteiger partial charge in [-0.25, -0.2) is 0 Å². The zero-order chi connectivity index (χ0) is 9.60. The molecule has 14 heavy (non-hydrogen) atoms. The molecule has 2 aromatic rings. The fourth-order valence-corrected chi connectivity index (χ4v) is 1.82. The molecule has 70 valence electrons. The molecule has 1 aromatic heterocycles. The van der Waals surface area contributed by atoms with Gasteiger partial charge in [-0.3, -0.25) is 4.98 Å². The lowest BCUT2D eigenvalue weighted by atomic mass is 10.0. The molecule has 1 fully saturated rings. The molecule has 1 heterocycles. The number of nitrogens with zero attached hydrogens (tertiary/aromatic N) is 1. The Kier molecular flexibility index (Phi) is 1.45. The van der Waals surface area contributed by atoms with Crippen molar-refractivity contribution in [3.63, 3.8) is 0 Å². The molecule has 1 saturated carbocycles. The van der Waals surface area contributed by atoms with Crippen molar-refractivity contribution < 1.29 is 0 Å². The van der Waals surface area contributed by atoms with Crippen molar-refractivity contribution >= 4 is 10.8 Å². The van der Waals surface area contributed by atoms with Crippen LogP contribution in [0.5, 0.6) is 0 Å². The lowest BCUT2D eigenvalue weighted by Crippen LogP contribution is -2.18. The molecular formula is C12H12N2. The van der Waals surface area contributed by atoms with Crippen LogP contribution in [0.1, 0.15) is 18.4 Å². The van der Waals surface area contributed by atoms with Crippen molar-refractivity contribution in [1.82, 2.24) is 4.98 Å². The number of benzene rings is 1. The van der Waals surface area contributed by atoms with E-state index in [1.807, 2.05) is 18.5 Å². The molecule has 2 N–H and O–H groups in total. The molecule has 0 radical (unpaired) electrons. The second kappa shape index (κ2) is 2.55. The van der Waals surface area contributed by atoms with Gasteiger partial charge in [-0.15, -0.1) is 0 Å². The Labute approximate surface area is 82.8 Å². The minimum Gasteiger partial charge on any atom is -0.321 e. The van der Waals surface area contributed by atoms with E-state index in [2.05, 4.69) is 23.2 Å². The standard InChI is InChI=1S/C12H12N2/c13-12(4-5-12)11-2-1-9-3-6-14-8-10(9)7-11/h1-3,6-8H,4-5,13H2. The summed E-state index contributed by atoms with van der Waals surface area (Å²) in [6, 6.07) is 8.44. The highest BCUT2D eigenvalue weighted by atomic mass is 14.8. The lowest BCUT2D eigenvalue weighted by Gasteiger charge is -2.09. The maximum absolute atomic E-state index is 6.14. The van der Waals surface area contributed by atoms with Crippen LogP contribution in [0.25, 0.3) is 10.8 Å². The summed E-state index contributed by atoms with van der Waals surface area (Å²) in [5.74, 6) is 0. The van der Waals surface area contributed by atoms with Crippen molar-refractivity contribution in [2.45, 2.75) is 18.4 Å². The largest absolute Gasteiger partial charge is 0.321 e. The lowest BCUT2D eigenvalue weighted by molar-refractivity contribution is 0.741. The highest BCUT2D eigenvalue weighted by Gasteiger charge is 2.39. The fourth-order valence-electron chi connectivity index (χ4n) is 1.82. The van der Waals surface area contributed by atoms with Gasteiger partial charge < -0.3 is 5.73 Å². The average Bonchev–Trinajstić information content (AvgIpc) is 2.97. The summed E-state index contributed by atoms with van der Waals surface area (Å²) >= 11 is 0. The molecule has 2 nitrogen and oxygen atoms in total. The van der Waals surface area contributed by atoms with Gasteiger partial charge in [0.1, 0.15) is 0 Å². The first-order valence-electron chi connectivity index (χ1n) is 4.91. The Morgan fingerprint density at radius 3 is 2.79 bits per heavy atom. The van der Waals surface area contributed by atoms with Crippen LogP contribution >= 0.6 is 0 Å². The van der Waals surface area contributed by atoms with E-state index in [1.165, 1.54) is 16.3 Å². The maximum Gasteiger partial charge on any atom is 0.0411 e. The summed E-state index contributed by atoms with van der Waals surface area (Å²) in [4.78, 5) is 4.12. The van der Waals surface area contributed by atoms with E-state index in [1.54, 1.807) is 0 Å². The van der Waals surface area contributed by atoms with Crippen LogP contribution < -0.4 is 5.73 Å². The fraction of sp³-hybridized carbons (Fsp3) is 0.250. The van der Waals surface area contributed by atoms with Crippen LogP contribution in [-0.4, -0.2) is 4.98 Å². The summed E-state index contributed by atoms with van der Waals surface area (Å²) in [6.45, 7) is 0. The number of rotatable bonds is 1. The van der Waals surface area contributed by atoms with Gasteiger partial charge in [0, 0.05) is 23.3 Å². The third kappa shape index (κ3) is 1.11. The molecule has 0 unspecified atom stereocenters. The summed E-state index contributed by atoms with van der Waals surface area (Å²) in [5.41, 5.74) is 7.35. The van der Waals surface area contributed by atoms with E-state index in [-0.39, 0.29) is 5.54 Å². The zero-order valence-corrected chi connectivity index (χ0v) is 7.90. The summed E-state index contributed by atoms with van der Waals surface area (Å²) < 4.78 is 0. The third-order valence-corrected chi connectivity index (χ3v) is 3.00. The van der Waals surface area contributed by atoms with Crippen LogP contribution in [0.15, 0.2) is 36.7 Å². The monoisotopic (exact) mass is 184 g/mol. The van der Waals surface area contributed by atoms with Gasteiger partial charge in [0.2, 0.25) is 0 Å². The Morgan fingerprint density at radius 2 is 2.00 bits per heavy atom. The predicted octanol–water partition coefficient (Wildman–Crippen LogP) is 2.18. The van der Waals surface area contributed by atoms with Crippen LogP contribution in [0, 0.1) is 0 Å². The quantitative estimate of drug-likeness (QED) is 0.737.